The van der Waals surface area contributed by atoms with Crippen molar-refractivity contribution in [1.29, 1.82) is 0 Å². The lowest BCUT2D eigenvalue weighted by molar-refractivity contribution is 0.0581. The van der Waals surface area contributed by atoms with Gasteiger partial charge in [-0.05, 0) is 38.1 Å². The Morgan fingerprint density at radius 2 is 1.69 bits per heavy atom. The molecule has 0 bridgehead atoms. The number of piperidine rings is 1. The van der Waals surface area contributed by atoms with Gasteiger partial charge in [0.1, 0.15) is 6.10 Å². The van der Waals surface area contributed by atoms with Gasteiger partial charge in [-0.2, -0.15) is 5.10 Å². The van der Waals surface area contributed by atoms with Crippen LogP contribution in [-0.2, 0) is 0 Å². The van der Waals surface area contributed by atoms with E-state index in [-0.39, 0.29) is 23.1 Å². The first-order valence-electron chi connectivity index (χ1n) is 10.9. The number of likely N-dealkylation sites (tertiary alicyclic amines) is 1. The van der Waals surface area contributed by atoms with Gasteiger partial charge in [0.25, 0.3) is 5.91 Å². The van der Waals surface area contributed by atoms with Crippen LogP contribution in [0.2, 0.25) is 0 Å². The Morgan fingerprint density at radius 1 is 1.03 bits per heavy atom. The molecule has 0 atom stereocenters. The molecule has 1 fully saturated rings. The standard InChI is InChI=1S/C25H27N3O4/c1-3-31-22-11-7-8-12-23(22)32-20-13-15-27(16-14-20)25(30)24-21(29)17-18(2)28(26-24)19-9-5-4-6-10-19/h4-12,17,20H,3,13-16H2,1-2H3. The minimum Gasteiger partial charge on any atom is -0.490 e. The maximum Gasteiger partial charge on any atom is 0.278 e. The highest BCUT2D eigenvalue weighted by atomic mass is 16.5. The number of hydrogen-bond donors (Lipinski definition) is 0. The molecule has 0 aliphatic carbocycles. The van der Waals surface area contributed by atoms with Crippen LogP contribution in [0, 0.1) is 6.92 Å². The number of aromatic nitrogens is 2. The van der Waals surface area contributed by atoms with Crippen LogP contribution in [0.4, 0.5) is 0 Å². The number of rotatable bonds is 6. The highest BCUT2D eigenvalue weighted by Gasteiger charge is 2.28. The largest absolute Gasteiger partial charge is 0.490 e. The van der Waals surface area contributed by atoms with E-state index in [1.54, 1.807) is 16.5 Å². The van der Waals surface area contributed by atoms with E-state index < -0.39 is 0 Å². The molecule has 1 aromatic heterocycles. The molecule has 1 aliphatic rings. The third-order valence-corrected chi connectivity index (χ3v) is 5.48. The highest BCUT2D eigenvalue weighted by molar-refractivity contribution is 5.92. The number of hydrogen-bond acceptors (Lipinski definition) is 5. The monoisotopic (exact) mass is 433 g/mol. The van der Waals surface area contributed by atoms with Gasteiger partial charge in [-0.25, -0.2) is 4.68 Å². The summed E-state index contributed by atoms with van der Waals surface area (Å²) in [6, 6.07) is 18.6. The van der Waals surface area contributed by atoms with Gasteiger partial charge in [0.2, 0.25) is 5.43 Å². The van der Waals surface area contributed by atoms with E-state index in [0.29, 0.717) is 44.0 Å². The summed E-state index contributed by atoms with van der Waals surface area (Å²) in [6.07, 6.45) is 1.32. The van der Waals surface area contributed by atoms with E-state index in [9.17, 15) is 9.59 Å². The summed E-state index contributed by atoms with van der Waals surface area (Å²) in [5.74, 6) is 1.09. The average Bonchev–Trinajstić information content (AvgIpc) is 2.81. The normalized spacial score (nSPS) is 14.2. The van der Waals surface area contributed by atoms with Crippen molar-refractivity contribution in [3.8, 4) is 17.2 Å². The Balaban J connectivity index is 1.46. The van der Waals surface area contributed by atoms with Crippen LogP contribution in [0.3, 0.4) is 0 Å². The van der Waals surface area contributed by atoms with Gasteiger partial charge < -0.3 is 14.4 Å². The Kier molecular flexibility index (Phi) is 6.54. The molecule has 166 valence electrons. The van der Waals surface area contributed by atoms with Gasteiger partial charge in [0.05, 0.1) is 12.3 Å². The van der Waals surface area contributed by atoms with Crippen molar-refractivity contribution >= 4 is 5.91 Å². The molecule has 0 unspecified atom stereocenters. The quantitative estimate of drug-likeness (QED) is 0.594. The van der Waals surface area contributed by atoms with Crippen molar-refractivity contribution in [3.05, 3.63) is 82.3 Å². The van der Waals surface area contributed by atoms with Crippen LogP contribution in [0.15, 0.2) is 65.5 Å². The molecule has 1 amide bonds. The van der Waals surface area contributed by atoms with Crippen molar-refractivity contribution in [3.63, 3.8) is 0 Å². The van der Waals surface area contributed by atoms with Crippen LogP contribution in [0.25, 0.3) is 5.69 Å². The van der Waals surface area contributed by atoms with Gasteiger partial charge in [0, 0.05) is 37.7 Å². The Hall–Kier alpha value is -3.61. The molecule has 1 saturated heterocycles. The van der Waals surface area contributed by atoms with Gasteiger partial charge in [-0.15, -0.1) is 0 Å². The van der Waals surface area contributed by atoms with Crippen molar-refractivity contribution in [2.75, 3.05) is 19.7 Å². The van der Waals surface area contributed by atoms with E-state index in [0.717, 1.165) is 11.4 Å². The fraction of sp³-hybridized carbons (Fsp3) is 0.320. The Labute approximate surface area is 187 Å². The number of carbonyl (C=O) groups excluding carboxylic acids is 1. The molecule has 0 spiro atoms. The van der Waals surface area contributed by atoms with Crippen LogP contribution < -0.4 is 14.9 Å². The Bertz CT molecular complexity index is 1140. The number of para-hydroxylation sites is 3. The van der Waals surface area contributed by atoms with Crippen LogP contribution in [-0.4, -0.2) is 46.4 Å². The first-order chi connectivity index (χ1) is 15.6. The number of benzene rings is 2. The lowest BCUT2D eigenvalue weighted by atomic mass is 10.1. The summed E-state index contributed by atoms with van der Waals surface area (Å²) in [6.45, 7) is 5.31. The molecule has 3 aromatic rings. The molecule has 2 heterocycles. The zero-order valence-corrected chi connectivity index (χ0v) is 18.4. The lowest BCUT2D eigenvalue weighted by Crippen LogP contribution is -2.44. The number of nitrogens with zero attached hydrogens (tertiary/aromatic N) is 3. The number of aryl methyl sites for hydroxylation is 1. The summed E-state index contributed by atoms with van der Waals surface area (Å²) in [7, 11) is 0. The smallest absolute Gasteiger partial charge is 0.278 e. The Morgan fingerprint density at radius 3 is 2.38 bits per heavy atom. The highest BCUT2D eigenvalue weighted by Crippen LogP contribution is 2.29. The molecule has 1 aliphatic heterocycles. The number of amides is 1. The van der Waals surface area contributed by atoms with Crippen LogP contribution in [0.1, 0.15) is 35.9 Å². The first-order valence-corrected chi connectivity index (χ1v) is 10.9. The summed E-state index contributed by atoms with van der Waals surface area (Å²) < 4.78 is 13.4. The molecule has 0 radical (unpaired) electrons. The van der Waals surface area contributed by atoms with E-state index in [4.69, 9.17) is 9.47 Å². The SMILES string of the molecule is CCOc1ccccc1OC1CCN(C(=O)c2nn(-c3ccccc3)c(C)cc2=O)CC1. The average molecular weight is 434 g/mol. The molecule has 0 N–H and O–H groups in total. The van der Waals surface area contributed by atoms with Gasteiger partial charge in [-0.1, -0.05) is 30.3 Å². The van der Waals surface area contributed by atoms with Crippen molar-refractivity contribution in [2.24, 2.45) is 0 Å². The van der Waals surface area contributed by atoms with E-state index in [1.165, 1.54) is 6.07 Å². The summed E-state index contributed by atoms with van der Waals surface area (Å²) in [5, 5.41) is 4.40. The second kappa shape index (κ2) is 9.68. The third-order valence-electron chi connectivity index (χ3n) is 5.48. The summed E-state index contributed by atoms with van der Waals surface area (Å²) >= 11 is 0. The molecular formula is C25H27N3O4. The fourth-order valence-corrected chi connectivity index (χ4v) is 3.85. The number of carbonyl (C=O) groups is 1. The molecule has 0 saturated carbocycles. The predicted molar refractivity (Wildman–Crippen MR) is 122 cm³/mol. The number of ether oxygens (including phenoxy) is 2. The minimum atomic E-state index is -0.358. The second-order valence-corrected chi connectivity index (χ2v) is 7.74. The molecule has 4 rings (SSSR count). The third kappa shape index (κ3) is 4.66. The zero-order valence-electron chi connectivity index (χ0n) is 18.4. The zero-order chi connectivity index (χ0) is 22.5. The fourth-order valence-electron chi connectivity index (χ4n) is 3.85. The van der Waals surface area contributed by atoms with Crippen molar-refractivity contribution in [2.45, 2.75) is 32.8 Å². The summed E-state index contributed by atoms with van der Waals surface area (Å²) in [4.78, 5) is 27.3. The minimum absolute atomic E-state index is 0.0207. The summed E-state index contributed by atoms with van der Waals surface area (Å²) in [5.41, 5.74) is 1.07. The molecule has 32 heavy (non-hydrogen) atoms. The van der Waals surface area contributed by atoms with Crippen molar-refractivity contribution < 1.29 is 14.3 Å². The molecule has 2 aromatic carbocycles. The molecule has 7 heteroatoms. The maximum absolute atomic E-state index is 13.1. The van der Waals surface area contributed by atoms with Crippen LogP contribution in [0.5, 0.6) is 11.5 Å². The second-order valence-electron chi connectivity index (χ2n) is 7.74. The van der Waals surface area contributed by atoms with Crippen molar-refractivity contribution in [1.82, 2.24) is 14.7 Å². The van der Waals surface area contributed by atoms with E-state index in [2.05, 4.69) is 5.10 Å². The van der Waals surface area contributed by atoms with Gasteiger partial charge in [0.15, 0.2) is 17.2 Å². The van der Waals surface area contributed by atoms with E-state index in [1.807, 2.05) is 61.5 Å². The van der Waals surface area contributed by atoms with E-state index >= 15 is 0 Å². The molecule has 7 nitrogen and oxygen atoms in total. The lowest BCUT2D eigenvalue weighted by Gasteiger charge is -2.32. The van der Waals surface area contributed by atoms with Gasteiger partial charge in [-0.3, -0.25) is 9.59 Å². The first kappa shape index (κ1) is 21.6. The predicted octanol–water partition coefficient (Wildman–Crippen LogP) is 3.62. The maximum atomic E-state index is 13.1. The van der Waals surface area contributed by atoms with Crippen LogP contribution >= 0.6 is 0 Å². The van der Waals surface area contributed by atoms with Gasteiger partial charge >= 0.3 is 0 Å². The molecular weight excluding hydrogens is 406 g/mol. The topological polar surface area (TPSA) is 73.7 Å².